The molecule has 1 aliphatic heterocycles. The summed E-state index contributed by atoms with van der Waals surface area (Å²) < 4.78 is 75.7. The fourth-order valence-corrected chi connectivity index (χ4v) is 8.83. The van der Waals surface area contributed by atoms with Crippen molar-refractivity contribution < 1.29 is 56.0 Å². The van der Waals surface area contributed by atoms with E-state index >= 15 is 0 Å². The molecule has 4 heterocycles. The van der Waals surface area contributed by atoms with Gasteiger partial charge in [-0.2, -0.15) is 18.2 Å². The average Bonchev–Trinajstić information content (AvgIpc) is 3.69. The first-order valence-corrected chi connectivity index (χ1v) is 22.7. The lowest BCUT2D eigenvalue weighted by molar-refractivity contribution is -0.151. The third-order valence-corrected chi connectivity index (χ3v) is 12.4. The number of carbonyl (C=O) groups is 3. The molecule has 0 aliphatic carbocycles. The van der Waals surface area contributed by atoms with Gasteiger partial charge in [0.25, 0.3) is 0 Å². The molecule has 0 spiro atoms. The van der Waals surface area contributed by atoms with Gasteiger partial charge in [-0.25, -0.2) is 24.1 Å². The van der Waals surface area contributed by atoms with Crippen LogP contribution in [0.2, 0.25) is 5.02 Å². The first-order valence-electron chi connectivity index (χ1n) is 21.5. The molecule has 0 bridgehead atoms. The van der Waals surface area contributed by atoms with Crippen LogP contribution in [0.5, 0.6) is 17.6 Å². The summed E-state index contributed by atoms with van der Waals surface area (Å²) in [4.78, 5) is 57.9. The highest BCUT2D eigenvalue weighted by Crippen LogP contribution is 2.49. The van der Waals surface area contributed by atoms with Crippen molar-refractivity contribution in [2.45, 2.75) is 58.5 Å². The van der Waals surface area contributed by atoms with Crippen LogP contribution in [-0.2, 0) is 45.1 Å². The van der Waals surface area contributed by atoms with Crippen LogP contribution < -0.4 is 24.8 Å². The van der Waals surface area contributed by atoms with E-state index in [2.05, 4.69) is 35.5 Å². The van der Waals surface area contributed by atoms with E-state index in [1.807, 2.05) is 19.1 Å². The number of piperazine rings is 1. The Morgan fingerprint density at radius 3 is 2.60 bits per heavy atom. The molecule has 0 saturated carbocycles. The predicted molar refractivity (Wildman–Crippen MR) is 244 cm³/mol. The lowest BCUT2D eigenvalue weighted by Crippen LogP contribution is -2.49. The Morgan fingerprint density at radius 2 is 1.85 bits per heavy atom. The van der Waals surface area contributed by atoms with Crippen molar-refractivity contribution in [2.24, 2.45) is 0 Å². The van der Waals surface area contributed by atoms with Gasteiger partial charge in [0, 0.05) is 60.8 Å². The number of halogens is 5. The van der Waals surface area contributed by atoms with Crippen molar-refractivity contribution in [3.8, 4) is 39.2 Å². The van der Waals surface area contributed by atoms with Gasteiger partial charge in [-0.3, -0.25) is 14.5 Å². The Hall–Kier alpha value is -6.48. The Kier molecular flexibility index (Phi) is 16.4. The zero-order valence-electron chi connectivity index (χ0n) is 36.8. The first kappa shape index (κ1) is 49.4. The zero-order chi connectivity index (χ0) is 48.4. The second kappa shape index (κ2) is 22.5. The summed E-state index contributed by atoms with van der Waals surface area (Å²) >= 11 is 8.43. The number of esters is 1. The molecule has 1 amide bonds. The molecule has 1 aliphatic rings. The van der Waals surface area contributed by atoms with Gasteiger partial charge in [-0.1, -0.05) is 48.0 Å². The quantitative estimate of drug-likeness (QED) is 0.0365. The molecule has 6 aromatic rings. The van der Waals surface area contributed by atoms with Crippen LogP contribution in [0.1, 0.15) is 41.3 Å². The van der Waals surface area contributed by atoms with Crippen molar-refractivity contribution in [3.05, 3.63) is 112 Å². The normalized spacial score (nSPS) is 13.5. The molecule has 0 radical (unpaired) electrons. The molecule has 1 fully saturated rings. The number of rotatable bonds is 21. The van der Waals surface area contributed by atoms with Gasteiger partial charge in [0.2, 0.25) is 17.9 Å². The standard InChI is InChI=1S/C47H46ClF4N7O8S/c1-3-64-45(63)36(22-31-20-28(21-38(61)62)4-11-35(31)66-25-33-12-14-55-46(58-33)65-19-13-47(50,51)52)67-43-40-39(42(68-44(40)57-26-56-43)29-5-8-32(49)9-6-29)34-10-7-30(41(48)27(34)2)23-53-15-17-59-18-16-54-37(60)24-59/h4-12,14,20,26,36,53H,3,13,15-19,21-25H2,1-2H3,(H,54,60)(H,61,62)/t36-/m0/s1. The highest BCUT2D eigenvalue weighted by molar-refractivity contribution is 7.22. The number of carboxylic acids is 1. The zero-order valence-corrected chi connectivity index (χ0v) is 38.4. The van der Waals surface area contributed by atoms with Gasteiger partial charge in [0.05, 0.1) is 37.1 Å². The summed E-state index contributed by atoms with van der Waals surface area (Å²) in [6, 6.07) is 15.7. The van der Waals surface area contributed by atoms with Crippen molar-refractivity contribution in [1.29, 1.82) is 0 Å². The third-order valence-electron chi connectivity index (χ3n) is 10.7. The Bertz CT molecular complexity index is 2760. The summed E-state index contributed by atoms with van der Waals surface area (Å²) in [5.74, 6) is -2.06. The Balaban J connectivity index is 1.22. The molecular formula is C47H46ClF4N7O8S. The number of hydrogen-bond donors (Lipinski definition) is 3. The molecule has 21 heteroatoms. The summed E-state index contributed by atoms with van der Waals surface area (Å²) in [5.41, 5.74) is 4.55. The van der Waals surface area contributed by atoms with Gasteiger partial charge >= 0.3 is 24.1 Å². The van der Waals surface area contributed by atoms with E-state index in [1.54, 1.807) is 31.2 Å². The Morgan fingerprint density at radius 1 is 1.04 bits per heavy atom. The van der Waals surface area contributed by atoms with Crippen molar-refractivity contribution in [1.82, 2.24) is 35.5 Å². The lowest BCUT2D eigenvalue weighted by atomic mass is 9.94. The lowest BCUT2D eigenvalue weighted by Gasteiger charge is -2.26. The van der Waals surface area contributed by atoms with E-state index in [1.165, 1.54) is 48.1 Å². The van der Waals surface area contributed by atoms with Crippen LogP contribution in [0.15, 0.2) is 73.2 Å². The number of aromatic nitrogens is 4. The van der Waals surface area contributed by atoms with Crippen molar-refractivity contribution in [3.63, 3.8) is 0 Å². The smallest absolute Gasteiger partial charge is 0.392 e. The number of ether oxygens (including phenoxy) is 4. The van der Waals surface area contributed by atoms with Crippen LogP contribution in [0.4, 0.5) is 17.6 Å². The fourth-order valence-electron chi connectivity index (χ4n) is 7.44. The first-order chi connectivity index (χ1) is 32.6. The minimum atomic E-state index is -4.43. The fraction of sp³-hybridized carbons (Fsp3) is 0.340. The van der Waals surface area contributed by atoms with Gasteiger partial charge in [-0.05, 0) is 71.5 Å². The van der Waals surface area contributed by atoms with E-state index in [0.717, 1.165) is 17.7 Å². The Labute approximate surface area is 396 Å². The molecule has 3 N–H and O–H groups in total. The second-order valence-corrected chi connectivity index (χ2v) is 17.0. The molecule has 3 aromatic carbocycles. The van der Waals surface area contributed by atoms with Gasteiger partial charge < -0.3 is 34.7 Å². The summed E-state index contributed by atoms with van der Waals surface area (Å²) in [6.45, 7) is 6.10. The number of fused-ring (bicyclic) bond motifs is 1. The van der Waals surface area contributed by atoms with Crippen LogP contribution in [0.3, 0.4) is 0 Å². The van der Waals surface area contributed by atoms with Gasteiger partial charge in [0.15, 0.2) is 0 Å². The van der Waals surface area contributed by atoms with Crippen LogP contribution in [0.25, 0.3) is 31.8 Å². The largest absolute Gasteiger partial charge is 0.487 e. The van der Waals surface area contributed by atoms with E-state index in [9.17, 15) is 37.1 Å². The number of alkyl halides is 3. The second-order valence-electron chi connectivity index (χ2n) is 15.6. The number of carboxylic acid groups (broad SMARTS) is 1. The minimum absolute atomic E-state index is 0.00162. The van der Waals surface area contributed by atoms with Gasteiger partial charge in [0.1, 0.15) is 35.9 Å². The third kappa shape index (κ3) is 12.9. The van der Waals surface area contributed by atoms with E-state index in [0.29, 0.717) is 80.7 Å². The van der Waals surface area contributed by atoms with E-state index in [-0.39, 0.29) is 55.3 Å². The molecule has 68 heavy (non-hydrogen) atoms. The summed E-state index contributed by atoms with van der Waals surface area (Å²) in [7, 11) is 0. The highest BCUT2D eigenvalue weighted by Gasteiger charge is 2.30. The maximum absolute atomic E-state index is 14.3. The molecule has 1 atom stereocenters. The maximum atomic E-state index is 14.3. The SMILES string of the molecule is CCOC(=O)[C@H](Cc1cc(CC(=O)O)ccc1OCc1ccnc(OCCC(F)(F)F)n1)Oc1ncnc2sc(-c3ccc(F)cc3)c(-c3ccc(CNCCN4CCNC(=O)C4)c(Cl)c3C)c12. The molecule has 7 rings (SSSR count). The van der Waals surface area contributed by atoms with Crippen LogP contribution in [-0.4, -0.2) is 106 Å². The molecule has 3 aromatic heterocycles. The van der Waals surface area contributed by atoms with Crippen LogP contribution in [0, 0.1) is 12.7 Å². The highest BCUT2D eigenvalue weighted by atomic mass is 35.5. The number of carbonyl (C=O) groups excluding carboxylic acids is 2. The van der Waals surface area contributed by atoms with Crippen LogP contribution >= 0.6 is 22.9 Å². The molecule has 15 nitrogen and oxygen atoms in total. The molecule has 358 valence electrons. The predicted octanol–water partition coefficient (Wildman–Crippen LogP) is 7.53. The van der Waals surface area contributed by atoms with E-state index in [4.69, 9.17) is 30.5 Å². The number of nitrogens with one attached hydrogen (secondary N) is 2. The number of nitrogens with zero attached hydrogens (tertiary/aromatic N) is 5. The number of benzene rings is 3. The summed E-state index contributed by atoms with van der Waals surface area (Å²) in [5, 5.41) is 16.8. The van der Waals surface area contributed by atoms with Gasteiger partial charge in [-0.15, -0.1) is 11.3 Å². The van der Waals surface area contributed by atoms with Crippen molar-refractivity contribution >= 4 is 51.0 Å². The number of thiophene rings is 1. The molecule has 1 saturated heterocycles. The topological polar surface area (TPSA) is 187 Å². The average molecular weight is 980 g/mol. The number of aliphatic carboxylic acids is 1. The minimum Gasteiger partial charge on any atom is -0.487 e. The van der Waals surface area contributed by atoms with E-state index < -0.39 is 43.1 Å². The summed E-state index contributed by atoms with van der Waals surface area (Å²) in [6.07, 6.45) is -4.96. The number of hydrogen-bond acceptors (Lipinski definition) is 14. The van der Waals surface area contributed by atoms with Crippen molar-refractivity contribution in [2.75, 3.05) is 45.9 Å². The maximum Gasteiger partial charge on any atom is 0.392 e. The number of amides is 1. The molecular weight excluding hydrogens is 934 g/mol. The monoisotopic (exact) mass is 979 g/mol. The molecule has 0 unspecified atom stereocenters.